The van der Waals surface area contributed by atoms with Crippen molar-refractivity contribution in [2.24, 2.45) is 0 Å². The lowest BCUT2D eigenvalue weighted by Crippen LogP contribution is -2.40. The zero-order chi connectivity index (χ0) is 13.9. The first-order chi connectivity index (χ1) is 8.27. The first kappa shape index (κ1) is 15.1. The van der Waals surface area contributed by atoms with Crippen molar-refractivity contribution >= 4 is 31.9 Å². The predicted molar refractivity (Wildman–Crippen MR) is 66.1 cm³/mol. The van der Waals surface area contributed by atoms with Crippen molar-refractivity contribution in [1.29, 1.82) is 0 Å². The highest BCUT2D eigenvalue weighted by Crippen LogP contribution is 2.19. The molecule has 0 aliphatic rings. The quantitative estimate of drug-likeness (QED) is 0.855. The maximum absolute atomic E-state index is 13.5. The standard InChI is InChI=1S/C10H11BrFNO4S/c1-2-8(10(14)15)13-18(16,17)9-4-3-6(11)5-7(9)12/h3-5,8,13H,2H2,1H3,(H,14,15). The zero-order valence-corrected chi connectivity index (χ0v) is 11.8. The van der Waals surface area contributed by atoms with Crippen LogP contribution in [-0.2, 0) is 14.8 Å². The molecule has 1 atom stereocenters. The third-order valence-corrected chi connectivity index (χ3v) is 4.19. The molecule has 0 fully saturated rings. The van der Waals surface area contributed by atoms with Crippen LogP contribution in [0.3, 0.4) is 0 Å². The van der Waals surface area contributed by atoms with E-state index in [0.29, 0.717) is 4.47 Å². The van der Waals surface area contributed by atoms with Gasteiger partial charge in [0.15, 0.2) is 0 Å². The summed E-state index contributed by atoms with van der Waals surface area (Å²) in [4.78, 5) is 10.2. The number of benzene rings is 1. The molecule has 0 radical (unpaired) electrons. The Labute approximate surface area is 112 Å². The average molecular weight is 340 g/mol. The number of sulfonamides is 1. The van der Waals surface area contributed by atoms with Crippen molar-refractivity contribution in [3.63, 3.8) is 0 Å². The van der Waals surface area contributed by atoms with E-state index in [2.05, 4.69) is 15.9 Å². The van der Waals surface area contributed by atoms with E-state index in [1.54, 1.807) is 0 Å². The predicted octanol–water partition coefficient (Wildman–Crippen LogP) is 1.73. The van der Waals surface area contributed by atoms with Gasteiger partial charge in [0.2, 0.25) is 10.0 Å². The van der Waals surface area contributed by atoms with E-state index < -0.39 is 32.7 Å². The minimum absolute atomic E-state index is 0.0622. The number of carbonyl (C=O) groups is 1. The fraction of sp³-hybridized carbons (Fsp3) is 0.300. The van der Waals surface area contributed by atoms with Crippen LogP contribution < -0.4 is 4.72 Å². The number of rotatable bonds is 5. The van der Waals surface area contributed by atoms with Crippen molar-refractivity contribution in [3.05, 3.63) is 28.5 Å². The molecule has 5 nitrogen and oxygen atoms in total. The van der Waals surface area contributed by atoms with E-state index >= 15 is 0 Å². The first-order valence-electron chi connectivity index (χ1n) is 4.98. The molecule has 0 saturated carbocycles. The summed E-state index contributed by atoms with van der Waals surface area (Å²) in [6.45, 7) is 1.51. The molecule has 100 valence electrons. The molecular formula is C10H11BrFNO4S. The summed E-state index contributed by atoms with van der Waals surface area (Å²) in [6, 6.07) is 2.14. The highest BCUT2D eigenvalue weighted by atomic mass is 79.9. The van der Waals surface area contributed by atoms with Crippen LogP contribution in [0.4, 0.5) is 4.39 Å². The van der Waals surface area contributed by atoms with E-state index in [9.17, 15) is 17.6 Å². The van der Waals surface area contributed by atoms with Gasteiger partial charge in [-0.2, -0.15) is 4.72 Å². The molecule has 8 heteroatoms. The molecule has 0 heterocycles. The number of nitrogens with one attached hydrogen (secondary N) is 1. The Morgan fingerprint density at radius 2 is 2.17 bits per heavy atom. The second-order valence-electron chi connectivity index (χ2n) is 3.50. The van der Waals surface area contributed by atoms with Crippen LogP contribution in [0.2, 0.25) is 0 Å². The highest BCUT2D eigenvalue weighted by molar-refractivity contribution is 9.10. The SMILES string of the molecule is CCC(NS(=O)(=O)c1ccc(Br)cc1F)C(=O)O. The summed E-state index contributed by atoms with van der Waals surface area (Å²) in [5.74, 6) is -2.25. The summed E-state index contributed by atoms with van der Waals surface area (Å²) >= 11 is 3.00. The van der Waals surface area contributed by atoms with Gasteiger partial charge in [-0.1, -0.05) is 22.9 Å². The fourth-order valence-electron chi connectivity index (χ4n) is 1.25. The number of aliphatic carboxylic acids is 1. The molecule has 0 aliphatic heterocycles. The van der Waals surface area contributed by atoms with Gasteiger partial charge in [0, 0.05) is 4.47 Å². The van der Waals surface area contributed by atoms with Gasteiger partial charge >= 0.3 is 5.97 Å². The Morgan fingerprint density at radius 1 is 1.56 bits per heavy atom. The molecule has 1 aromatic carbocycles. The van der Waals surface area contributed by atoms with Crippen LogP contribution in [0, 0.1) is 5.82 Å². The van der Waals surface area contributed by atoms with Crippen LogP contribution in [0.5, 0.6) is 0 Å². The molecular weight excluding hydrogens is 329 g/mol. The Morgan fingerprint density at radius 3 is 2.61 bits per heavy atom. The van der Waals surface area contributed by atoms with Crippen molar-refractivity contribution in [2.45, 2.75) is 24.3 Å². The van der Waals surface area contributed by atoms with Gasteiger partial charge in [0.1, 0.15) is 16.8 Å². The third-order valence-electron chi connectivity index (χ3n) is 2.19. The summed E-state index contributed by atoms with van der Waals surface area (Å²) in [5.41, 5.74) is 0. The molecule has 1 rings (SSSR count). The summed E-state index contributed by atoms with van der Waals surface area (Å²) in [6.07, 6.45) is 0.0622. The van der Waals surface area contributed by atoms with Gasteiger partial charge in [-0.25, -0.2) is 12.8 Å². The van der Waals surface area contributed by atoms with E-state index in [1.165, 1.54) is 13.0 Å². The maximum Gasteiger partial charge on any atom is 0.321 e. The summed E-state index contributed by atoms with van der Waals surface area (Å²) in [7, 11) is -4.19. The average Bonchev–Trinajstić information content (AvgIpc) is 2.24. The molecule has 1 unspecified atom stereocenters. The van der Waals surface area contributed by atoms with E-state index in [1.807, 2.05) is 4.72 Å². The smallest absolute Gasteiger partial charge is 0.321 e. The second-order valence-corrected chi connectivity index (χ2v) is 6.09. The minimum atomic E-state index is -4.19. The molecule has 0 aliphatic carbocycles. The Kier molecular flexibility index (Phi) is 4.83. The fourth-order valence-corrected chi connectivity index (χ4v) is 2.92. The Hall–Kier alpha value is -0.990. The molecule has 0 bridgehead atoms. The molecule has 0 spiro atoms. The lowest BCUT2D eigenvalue weighted by Gasteiger charge is -2.13. The highest BCUT2D eigenvalue weighted by Gasteiger charge is 2.26. The number of hydrogen-bond donors (Lipinski definition) is 2. The van der Waals surface area contributed by atoms with Gasteiger partial charge in [-0.05, 0) is 24.6 Å². The van der Waals surface area contributed by atoms with E-state index in [4.69, 9.17) is 5.11 Å². The van der Waals surface area contributed by atoms with Gasteiger partial charge < -0.3 is 5.11 Å². The van der Waals surface area contributed by atoms with Crippen molar-refractivity contribution in [3.8, 4) is 0 Å². The molecule has 18 heavy (non-hydrogen) atoms. The molecule has 0 saturated heterocycles. The monoisotopic (exact) mass is 339 g/mol. The number of carboxylic acids is 1. The van der Waals surface area contributed by atoms with Crippen molar-refractivity contribution in [2.75, 3.05) is 0 Å². The first-order valence-corrected chi connectivity index (χ1v) is 7.25. The van der Waals surface area contributed by atoms with Crippen LogP contribution in [0.15, 0.2) is 27.6 Å². The number of halogens is 2. The van der Waals surface area contributed by atoms with Gasteiger partial charge in [-0.15, -0.1) is 0 Å². The molecule has 2 N–H and O–H groups in total. The van der Waals surface area contributed by atoms with Gasteiger partial charge in [0.25, 0.3) is 0 Å². The lowest BCUT2D eigenvalue weighted by atomic mass is 10.2. The molecule has 0 amide bonds. The van der Waals surface area contributed by atoms with E-state index in [-0.39, 0.29) is 6.42 Å². The Balaban J connectivity index is 3.10. The lowest BCUT2D eigenvalue weighted by molar-refractivity contribution is -0.139. The summed E-state index contributed by atoms with van der Waals surface area (Å²) < 4.78 is 39.5. The zero-order valence-electron chi connectivity index (χ0n) is 9.35. The van der Waals surface area contributed by atoms with Crippen LogP contribution in [0.25, 0.3) is 0 Å². The molecule has 1 aromatic rings. The number of carboxylic acid groups (broad SMARTS) is 1. The van der Waals surface area contributed by atoms with Gasteiger partial charge in [0.05, 0.1) is 0 Å². The normalized spacial score (nSPS) is 13.3. The second kappa shape index (κ2) is 5.77. The molecule has 0 aromatic heterocycles. The minimum Gasteiger partial charge on any atom is -0.480 e. The van der Waals surface area contributed by atoms with Crippen molar-refractivity contribution < 1.29 is 22.7 Å². The van der Waals surface area contributed by atoms with Crippen LogP contribution >= 0.6 is 15.9 Å². The van der Waals surface area contributed by atoms with Gasteiger partial charge in [-0.3, -0.25) is 4.79 Å². The van der Waals surface area contributed by atoms with Crippen LogP contribution in [0.1, 0.15) is 13.3 Å². The van der Waals surface area contributed by atoms with E-state index in [0.717, 1.165) is 12.1 Å². The third kappa shape index (κ3) is 3.50. The Bertz CT molecular complexity index is 561. The maximum atomic E-state index is 13.5. The van der Waals surface area contributed by atoms with Crippen LogP contribution in [-0.4, -0.2) is 25.5 Å². The summed E-state index contributed by atoms with van der Waals surface area (Å²) in [5, 5.41) is 8.77. The van der Waals surface area contributed by atoms with Crippen molar-refractivity contribution in [1.82, 2.24) is 4.72 Å². The number of hydrogen-bond acceptors (Lipinski definition) is 3. The largest absolute Gasteiger partial charge is 0.480 e. The topological polar surface area (TPSA) is 83.5 Å².